The zero-order chi connectivity index (χ0) is 16.5. The van der Waals surface area contributed by atoms with Gasteiger partial charge in [-0.3, -0.25) is 4.79 Å². The Labute approximate surface area is 141 Å². The molecule has 1 N–H and O–H groups in total. The van der Waals surface area contributed by atoms with Crippen LogP contribution < -0.4 is 0 Å². The lowest BCUT2D eigenvalue weighted by molar-refractivity contribution is -0.133. The Morgan fingerprint density at radius 1 is 1.17 bits per heavy atom. The van der Waals surface area contributed by atoms with Crippen molar-refractivity contribution >= 4 is 16.9 Å². The van der Waals surface area contributed by atoms with Gasteiger partial charge in [-0.05, 0) is 37.5 Å². The van der Waals surface area contributed by atoms with Crippen molar-refractivity contribution in [2.75, 3.05) is 6.54 Å². The monoisotopic (exact) mass is 319 g/mol. The molecule has 0 radical (unpaired) electrons. The number of para-hydroxylation sites is 2. The summed E-state index contributed by atoms with van der Waals surface area (Å²) in [5, 5.41) is 0. The van der Waals surface area contributed by atoms with Crippen LogP contribution in [-0.2, 0) is 4.79 Å². The third-order valence-corrected chi connectivity index (χ3v) is 4.93. The number of fused-ring (bicyclic) bond motifs is 1. The third-order valence-electron chi connectivity index (χ3n) is 4.93. The highest BCUT2D eigenvalue weighted by Crippen LogP contribution is 2.34. The van der Waals surface area contributed by atoms with Crippen LogP contribution in [-0.4, -0.2) is 27.3 Å². The predicted molar refractivity (Wildman–Crippen MR) is 94.6 cm³/mol. The van der Waals surface area contributed by atoms with Crippen LogP contribution >= 0.6 is 0 Å². The van der Waals surface area contributed by atoms with Gasteiger partial charge < -0.3 is 9.88 Å². The summed E-state index contributed by atoms with van der Waals surface area (Å²) in [5.41, 5.74) is 3.06. The Morgan fingerprint density at radius 2 is 1.92 bits per heavy atom. The van der Waals surface area contributed by atoms with Crippen molar-refractivity contribution < 1.29 is 4.79 Å². The van der Waals surface area contributed by atoms with Crippen LogP contribution in [0, 0.1) is 0 Å². The topological polar surface area (TPSA) is 49.0 Å². The van der Waals surface area contributed by atoms with E-state index in [-0.39, 0.29) is 17.9 Å². The van der Waals surface area contributed by atoms with Crippen LogP contribution in [0.3, 0.4) is 0 Å². The molecule has 2 aromatic carbocycles. The van der Waals surface area contributed by atoms with E-state index in [1.54, 1.807) is 0 Å². The van der Waals surface area contributed by atoms with Crippen molar-refractivity contribution in [3.05, 3.63) is 66.0 Å². The molecule has 2 atom stereocenters. The normalized spacial score (nSPS) is 18.9. The molecule has 2 unspecified atom stereocenters. The first-order valence-electron chi connectivity index (χ1n) is 8.54. The van der Waals surface area contributed by atoms with Crippen molar-refractivity contribution in [1.82, 2.24) is 14.9 Å². The summed E-state index contributed by atoms with van der Waals surface area (Å²) in [4.78, 5) is 23.1. The van der Waals surface area contributed by atoms with Crippen LogP contribution in [0.25, 0.3) is 11.0 Å². The molecule has 0 bridgehead atoms. The maximum atomic E-state index is 13.0. The highest BCUT2D eigenvalue weighted by atomic mass is 16.2. The standard InChI is InChI=1S/C20H21N3O/c1-14(15-8-3-2-4-9-15)20(24)23-13-7-12-18(23)19-21-16-10-5-6-11-17(16)22-19/h2-6,8-11,14,18H,7,12-13H2,1H3,(H,21,22). The third kappa shape index (κ3) is 2.58. The number of H-pyrrole nitrogens is 1. The molecule has 3 aromatic rings. The Morgan fingerprint density at radius 3 is 2.71 bits per heavy atom. The van der Waals surface area contributed by atoms with Gasteiger partial charge in [0.25, 0.3) is 0 Å². The summed E-state index contributed by atoms with van der Waals surface area (Å²) in [6.07, 6.45) is 1.99. The lowest BCUT2D eigenvalue weighted by atomic mass is 9.99. The molecule has 4 nitrogen and oxygen atoms in total. The first-order valence-corrected chi connectivity index (χ1v) is 8.54. The van der Waals surface area contributed by atoms with Gasteiger partial charge >= 0.3 is 0 Å². The molecule has 24 heavy (non-hydrogen) atoms. The second kappa shape index (κ2) is 6.11. The molecule has 0 spiro atoms. The SMILES string of the molecule is CC(C(=O)N1CCCC1c1nc2ccccc2[nH]1)c1ccccc1. The lowest BCUT2D eigenvalue weighted by Gasteiger charge is -2.26. The number of rotatable bonds is 3. The second-order valence-electron chi connectivity index (χ2n) is 6.46. The minimum Gasteiger partial charge on any atom is -0.340 e. The molecule has 1 saturated heterocycles. The predicted octanol–water partition coefficient (Wildman–Crippen LogP) is 4.03. The van der Waals surface area contributed by atoms with Crippen LogP contribution in [0.15, 0.2) is 54.6 Å². The molecule has 1 aliphatic heterocycles. The molecule has 1 aliphatic rings. The first kappa shape index (κ1) is 14.9. The number of carbonyl (C=O) groups excluding carboxylic acids is 1. The molecule has 1 fully saturated rings. The fourth-order valence-corrected chi connectivity index (χ4v) is 3.58. The van der Waals surface area contributed by atoms with Crippen molar-refractivity contribution in [1.29, 1.82) is 0 Å². The zero-order valence-corrected chi connectivity index (χ0v) is 13.8. The van der Waals surface area contributed by atoms with Gasteiger partial charge in [-0.15, -0.1) is 0 Å². The number of nitrogens with zero attached hydrogens (tertiary/aromatic N) is 2. The molecule has 2 heterocycles. The average Bonchev–Trinajstić information content (AvgIpc) is 3.27. The number of hydrogen-bond acceptors (Lipinski definition) is 2. The lowest BCUT2D eigenvalue weighted by Crippen LogP contribution is -2.34. The van der Waals surface area contributed by atoms with E-state index in [1.165, 1.54) is 0 Å². The second-order valence-corrected chi connectivity index (χ2v) is 6.46. The van der Waals surface area contributed by atoms with Gasteiger partial charge in [-0.1, -0.05) is 42.5 Å². The number of likely N-dealkylation sites (tertiary alicyclic amines) is 1. The van der Waals surface area contributed by atoms with Crippen LogP contribution in [0.1, 0.15) is 43.1 Å². The summed E-state index contributed by atoms with van der Waals surface area (Å²) in [7, 11) is 0. The minimum atomic E-state index is -0.129. The number of hydrogen-bond donors (Lipinski definition) is 1. The Balaban J connectivity index is 1.61. The number of carbonyl (C=O) groups is 1. The highest BCUT2D eigenvalue weighted by Gasteiger charge is 2.34. The fourth-order valence-electron chi connectivity index (χ4n) is 3.58. The highest BCUT2D eigenvalue weighted by molar-refractivity contribution is 5.84. The summed E-state index contributed by atoms with van der Waals surface area (Å²) in [5.74, 6) is 0.961. The number of aromatic amines is 1. The number of benzene rings is 2. The van der Waals surface area contributed by atoms with Gasteiger partial charge in [0.2, 0.25) is 5.91 Å². The van der Waals surface area contributed by atoms with E-state index < -0.39 is 0 Å². The minimum absolute atomic E-state index is 0.0519. The molecule has 0 aliphatic carbocycles. The quantitative estimate of drug-likeness (QED) is 0.792. The van der Waals surface area contributed by atoms with Gasteiger partial charge in [-0.2, -0.15) is 0 Å². The Bertz CT molecular complexity index is 822. The van der Waals surface area contributed by atoms with E-state index >= 15 is 0 Å². The van der Waals surface area contributed by atoms with Gasteiger partial charge in [0.15, 0.2) is 0 Å². The van der Waals surface area contributed by atoms with Crippen LogP contribution in [0.5, 0.6) is 0 Å². The molecule has 122 valence electrons. The van der Waals surface area contributed by atoms with E-state index in [0.717, 1.165) is 41.8 Å². The maximum absolute atomic E-state index is 13.0. The van der Waals surface area contributed by atoms with E-state index in [9.17, 15) is 4.79 Å². The van der Waals surface area contributed by atoms with Crippen LogP contribution in [0.4, 0.5) is 0 Å². The molecule has 0 saturated carbocycles. The number of imidazole rings is 1. The van der Waals surface area contributed by atoms with Gasteiger partial charge in [-0.25, -0.2) is 4.98 Å². The number of amides is 1. The van der Waals surface area contributed by atoms with E-state index in [1.807, 2.05) is 66.4 Å². The summed E-state index contributed by atoms with van der Waals surface area (Å²) < 4.78 is 0. The molecule has 1 amide bonds. The summed E-state index contributed by atoms with van der Waals surface area (Å²) in [6, 6.07) is 18.1. The van der Waals surface area contributed by atoms with Gasteiger partial charge in [0, 0.05) is 6.54 Å². The van der Waals surface area contributed by atoms with Crippen molar-refractivity contribution in [2.24, 2.45) is 0 Å². The molecular weight excluding hydrogens is 298 g/mol. The van der Waals surface area contributed by atoms with Gasteiger partial charge in [0.05, 0.1) is 23.0 Å². The van der Waals surface area contributed by atoms with Crippen molar-refractivity contribution in [3.8, 4) is 0 Å². The number of nitrogens with one attached hydrogen (secondary N) is 1. The first-order chi connectivity index (χ1) is 11.7. The average molecular weight is 319 g/mol. The van der Waals surface area contributed by atoms with Crippen molar-refractivity contribution in [2.45, 2.75) is 31.7 Å². The van der Waals surface area contributed by atoms with E-state index in [4.69, 9.17) is 4.98 Å². The number of aromatic nitrogens is 2. The van der Waals surface area contributed by atoms with E-state index in [0.29, 0.717) is 0 Å². The smallest absolute Gasteiger partial charge is 0.230 e. The maximum Gasteiger partial charge on any atom is 0.230 e. The molecule has 4 rings (SSSR count). The summed E-state index contributed by atoms with van der Waals surface area (Å²) >= 11 is 0. The Kier molecular flexibility index (Phi) is 3.81. The van der Waals surface area contributed by atoms with Gasteiger partial charge in [0.1, 0.15) is 5.82 Å². The molecule has 1 aromatic heterocycles. The zero-order valence-electron chi connectivity index (χ0n) is 13.8. The summed E-state index contributed by atoms with van der Waals surface area (Å²) in [6.45, 7) is 2.80. The Hall–Kier alpha value is -2.62. The van der Waals surface area contributed by atoms with E-state index in [2.05, 4.69) is 4.98 Å². The van der Waals surface area contributed by atoms with Crippen LogP contribution in [0.2, 0.25) is 0 Å². The fraction of sp³-hybridized carbons (Fsp3) is 0.300. The van der Waals surface area contributed by atoms with Crippen molar-refractivity contribution in [3.63, 3.8) is 0 Å². The molecular formula is C20H21N3O. The largest absolute Gasteiger partial charge is 0.340 e. The molecule has 4 heteroatoms.